The van der Waals surface area contributed by atoms with E-state index in [4.69, 9.17) is 9.47 Å². The van der Waals surface area contributed by atoms with Crippen LogP contribution in [0.25, 0.3) is 0 Å². The zero-order chi connectivity index (χ0) is 12.2. The average Bonchev–Trinajstić information content (AvgIpc) is 2.68. The predicted molar refractivity (Wildman–Crippen MR) is 59.0 cm³/mol. The van der Waals surface area contributed by atoms with Crippen LogP contribution in [0.2, 0.25) is 0 Å². The normalized spacial score (nSPS) is 47.5. The minimum atomic E-state index is -0.630. The van der Waals surface area contributed by atoms with Crippen molar-refractivity contribution in [3.63, 3.8) is 0 Å². The number of hydrogen-bond acceptors (Lipinski definition) is 4. The van der Waals surface area contributed by atoms with Gasteiger partial charge in [0.15, 0.2) is 5.60 Å². The molecule has 17 heavy (non-hydrogen) atoms. The zero-order valence-electron chi connectivity index (χ0n) is 10.3. The Bertz CT molecular complexity index is 378. The third-order valence-electron chi connectivity index (χ3n) is 4.65. The van der Waals surface area contributed by atoms with E-state index in [1.807, 2.05) is 0 Å². The van der Waals surface area contributed by atoms with E-state index < -0.39 is 5.60 Å². The van der Waals surface area contributed by atoms with E-state index in [9.17, 15) is 9.59 Å². The van der Waals surface area contributed by atoms with Crippen LogP contribution in [0.4, 0.5) is 0 Å². The minimum Gasteiger partial charge on any atom is -0.458 e. The highest BCUT2D eigenvalue weighted by Gasteiger charge is 2.68. The van der Waals surface area contributed by atoms with E-state index in [0.717, 1.165) is 25.7 Å². The van der Waals surface area contributed by atoms with Crippen LogP contribution in [0.15, 0.2) is 0 Å². The average molecular weight is 238 g/mol. The topological polar surface area (TPSA) is 52.6 Å². The molecule has 0 aromatic heterocycles. The highest BCUT2D eigenvalue weighted by Crippen LogP contribution is 2.57. The van der Waals surface area contributed by atoms with Gasteiger partial charge in [0.2, 0.25) is 0 Å². The molecule has 0 bridgehead atoms. The molecule has 5 atom stereocenters. The van der Waals surface area contributed by atoms with Crippen LogP contribution < -0.4 is 0 Å². The van der Waals surface area contributed by atoms with Gasteiger partial charge in [-0.25, -0.2) is 0 Å². The first kappa shape index (κ1) is 11.1. The summed E-state index contributed by atoms with van der Waals surface area (Å²) in [5.74, 6) is 0.134. The van der Waals surface area contributed by atoms with Crippen LogP contribution in [0.3, 0.4) is 0 Å². The van der Waals surface area contributed by atoms with Crippen LogP contribution in [0.5, 0.6) is 0 Å². The molecule has 4 heteroatoms. The maximum atomic E-state index is 11.9. The molecule has 1 aliphatic heterocycles. The SMILES string of the molecule is CC(=O)O[C@]12C3C[C@@H](C)C[C@H]1CC[C@H]2OC3=O. The molecule has 0 aromatic rings. The lowest BCUT2D eigenvalue weighted by molar-refractivity contribution is -0.177. The zero-order valence-corrected chi connectivity index (χ0v) is 10.3. The molecule has 1 unspecified atom stereocenters. The van der Waals surface area contributed by atoms with Crippen molar-refractivity contribution in [2.75, 3.05) is 0 Å². The van der Waals surface area contributed by atoms with Crippen molar-refractivity contribution in [2.24, 2.45) is 17.8 Å². The van der Waals surface area contributed by atoms with Gasteiger partial charge in [-0.15, -0.1) is 0 Å². The molecule has 0 aromatic carbocycles. The summed E-state index contributed by atoms with van der Waals surface area (Å²) in [6.45, 7) is 3.59. The van der Waals surface area contributed by atoms with E-state index in [2.05, 4.69) is 6.92 Å². The second kappa shape index (κ2) is 3.47. The van der Waals surface area contributed by atoms with Crippen molar-refractivity contribution in [3.05, 3.63) is 0 Å². The second-order valence-corrected chi connectivity index (χ2v) is 5.78. The first-order valence-electron chi connectivity index (χ1n) is 6.44. The van der Waals surface area contributed by atoms with Gasteiger partial charge in [-0.3, -0.25) is 9.59 Å². The predicted octanol–water partition coefficient (Wildman–Crippen LogP) is 1.67. The largest absolute Gasteiger partial charge is 0.458 e. The van der Waals surface area contributed by atoms with Gasteiger partial charge in [0.05, 0.1) is 0 Å². The highest BCUT2D eigenvalue weighted by atomic mass is 16.6. The summed E-state index contributed by atoms with van der Waals surface area (Å²) >= 11 is 0. The van der Waals surface area contributed by atoms with Crippen molar-refractivity contribution >= 4 is 11.9 Å². The van der Waals surface area contributed by atoms with E-state index in [-0.39, 0.29) is 24.0 Å². The second-order valence-electron chi connectivity index (χ2n) is 5.78. The number of carbonyl (C=O) groups excluding carboxylic acids is 2. The number of esters is 2. The van der Waals surface area contributed by atoms with Crippen LogP contribution in [-0.2, 0) is 19.1 Å². The molecule has 3 rings (SSSR count). The molecule has 0 radical (unpaired) electrons. The lowest BCUT2D eigenvalue weighted by atomic mass is 9.67. The molecule has 3 aliphatic rings. The Labute approximate surface area is 101 Å². The van der Waals surface area contributed by atoms with Crippen LogP contribution in [-0.4, -0.2) is 23.6 Å². The van der Waals surface area contributed by atoms with Gasteiger partial charge >= 0.3 is 11.9 Å². The van der Waals surface area contributed by atoms with Crippen molar-refractivity contribution in [3.8, 4) is 0 Å². The van der Waals surface area contributed by atoms with Crippen LogP contribution in [0, 0.1) is 17.8 Å². The molecule has 2 saturated carbocycles. The fourth-order valence-corrected chi connectivity index (χ4v) is 4.17. The van der Waals surface area contributed by atoms with E-state index in [0.29, 0.717) is 11.8 Å². The van der Waals surface area contributed by atoms with Crippen molar-refractivity contribution < 1.29 is 19.1 Å². The van der Waals surface area contributed by atoms with Crippen LogP contribution in [0.1, 0.15) is 39.5 Å². The summed E-state index contributed by atoms with van der Waals surface area (Å²) in [6.07, 6.45) is 3.48. The fourth-order valence-electron chi connectivity index (χ4n) is 4.17. The number of carbonyl (C=O) groups is 2. The van der Waals surface area contributed by atoms with Gasteiger partial charge in [-0.2, -0.15) is 0 Å². The Kier molecular flexibility index (Phi) is 2.25. The monoisotopic (exact) mass is 238 g/mol. The van der Waals surface area contributed by atoms with Gasteiger partial charge < -0.3 is 9.47 Å². The molecule has 4 nitrogen and oxygen atoms in total. The summed E-state index contributed by atoms with van der Waals surface area (Å²) < 4.78 is 11.1. The Morgan fingerprint density at radius 2 is 2.18 bits per heavy atom. The van der Waals surface area contributed by atoms with Crippen molar-refractivity contribution in [2.45, 2.75) is 51.2 Å². The van der Waals surface area contributed by atoms with Gasteiger partial charge in [0, 0.05) is 12.8 Å². The summed E-state index contributed by atoms with van der Waals surface area (Å²) in [5.41, 5.74) is -0.630. The third kappa shape index (κ3) is 1.36. The quantitative estimate of drug-likeness (QED) is 0.652. The van der Waals surface area contributed by atoms with Crippen molar-refractivity contribution in [1.82, 2.24) is 0 Å². The maximum absolute atomic E-state index is 11.9. The molecular formula is C13H18O4. The molecule has 1 saturated heterocycles. The Hall–Kier alpha value is -1.06. The van der Waals surface area contributed by atoms with E-state index >= 15 is 0 Å². The molecule has 3 fully saturated rings. The summed E-state index contributed by atoms with van der Waals surface area (Å²) in [7, 11) is 0. The van der Waals surface area contributed by atoms with Gasteiger partial charge in [-0.05, 0) is 31.6 Å². The molecular weight excluding hydrogens is 220 g/mol. The van der Waals surface area contributed by atoms with Crippen LogP contribution >= 0.6 is 0 Å². The summed E-state index contributed by atoms with van der Waals surface area (Å²) in [4.78, 5) is 23.3. The first-order chi connectivity index (χ1) is 8.04. The first-order valence-corrected chi connectivity index (χ1v) is 6.44. The lowest BCUT2D eigenvalue weighted by Crippen LogP contribution is -2.53. The minimum absolute atomic E-state index is 0.160. The Balaban J connectivity index is 2.01. The van der Waals surface area contributed by atoms with Gasteiger partial charge in [0.25, 0.3) is 0 Å². The number of hydrogen-bond donors (Lipinski definition) is 0. The third-order valence-corrected chi connectivity index (χ3v) is 4.65. The molecule has 2 aliphatic carbocycles. The fraction of sp³-hybridized carbons (Fsp3) is 0.846. The molecule has 0 amide bonds. The summed E-state index contributed by atoms with van der Waals surface area (Å²) in [6, 6.07) is 0. The molecule has 0 N–H and O–H groups in total. The Morgan fingerprint density at radius 1 is 1.41 bits per heavy atom. The Morgan fingerprint density at radius 3 is 2.88 bits per heavy atom. The van der Waals surface area contributed by atoms with Crippen molar-refractivity contribution in [1.29, 1.82) is 0 Å². The summed E-state index contributed by atoms with van der Waals surface area (Å²) in [5, 5.41) is 0. The standard InChI is InChI=1S/C13H18O4/c1-7-5-9-3-4-11-13(9,17-8(2)14)10(6-7)12(15)16-11/h7,9-11H,3-6H2,1-2H3/t7-,9+,10?,11+,13-/m0/s1. The van der Waals surface area contributed by atoms with Gasteiger partial charge in [-0.1, -0.05) is 6.92 Å². The molecule has 1 heterocycles. The number of ether oxygens (including phenoxy) is 2. The van der Waals surface area contributed by atoms with E-state index in [1.54, 1.807) is 0 Å². The smallest absolute Gasteiger partial charge is 0.313 e. The van der Waals surface area contributed by atoms with Gasteiger partial charge in [0.1, 0.15) is 12.0 Å². The van der Waals surface area contributed by atoms with E-state index in [1.165, 1.54) is 6.92 Å². The molecule has 94 valence electrons. The highest BCUT2D eigenvalue weighted by molar-refractivity contribution is 5.79. The molecule has 0 spiro atoms. The lowest BCUT2D eigenvalue weighted by Gasteiger charge is -2.42. The number of rotatable bonds is 1. The maximum Gasteiger partial charge on any atom is 0.313 e.